The van der Waals surface area contributed by atoms with Crippen LogP contribution in [0.3, 0.4) is 0 Å². The lowest BCUT2D eigenvalue weighted by atomic mass is 9.95. The van der Waals surface area contributed by atoms with Crippen LogP contribution in [0.1, 0.15) is 11.1 Å². The molecule has 0 spiro atoms. The fourth-order valence-corrected chi connectivity index (χ4v) is 4.79. The predicted octanol–water partition coefficient (Wildman–Crippen LogP) is 5.49. The summed E-state index contributed by atoms with van der Waals surface area (Å²) in [5.41, 5.74) is 3.15. The smallest absolute Gasteiger partial charge is 0.417 e. The number of nitrogens with zero attached hydrogens (tertiary/aromatic N) is 3. The summed E-state index contributed by atoms with van der Waals surface area (Å²) < 4.78 is 5.27. The van der Waals surface area contributed by atoms with E-state index in [1.54, 1.807) is 89.8 Å². The van der Waals surface area contributed by atoms with Gasteiger partial charge in [0.05, 0.1) is 28.6 Å². The van der Waals surface area contributed by atoms with Crippen LogP contribution in [-0.2, 0) is 4.79 Å². The van der Waals surface area contributed by atoms with Gasteiger partial charge in [0.2, 0.25) is 0 Å². The van der Waals surface area contributed by atoms with Crippen LogP contribution in [0, 0.1) is 11.3 Å². The Morgan fingerprint density at radius 3 is 2.46 bits per heavy atom. The van der Waals surface area contributed by atoms with Crippen LogP contribution < -0.4 is 25.2 Å². The van der Waals surface area contributed by atoms with Gasteiger partial charge < -0.3 is 20.1 Å². The number of imide groups is 1. The maximum Gasteiger partial charge on any atom is 0.417 e. The van der Waals surface area contributed by atoms with E-state index in [9.17, 15) is 24.8 Å². The summed E-state index contributed by atoms with van der Waals surface area (Å²) in [6.45, 7) is 0. The third-order valence-corrected chi connectivity index (χ3v) is 6.63. The van der Waals surface area contributed by atoms with Gasteiger partial charge in [-0.25, -0.2) is 14.5 Å². The number of hydrogen-bond acceptors (Lipinski definition) is 7. The van der Waals surface area contributed by atoms with Gasteiger partial charge in [-0.3, -0.25) is 10.1 Å². The minimum Gasteiger partial charge on any atom is -0.508 e. The number of carbonyl (C=O) groups is 3. The fraction of sp³-hybridized carbons (Fsp3) is 0.0323. The quantitative estimate of drug-likeness (QED) is 0.310. The van der Waals surface area contributed by atoms with Crippen molar-refractivity contribution >= 4 is 46.9 Å². The van der Waals surface area contributed by atoms with Crippen molar-refractivity contribution in [3.8, 4) is 17.6 Å². The number of carbonyl (C=O) groups excluding carboxylic acids is 3. The molecular formula is C31H21N5O5. The average molecular weight is 544 g/mol. The molecule has 2 heterocycles. The van der Waals surface area contributed by atoms with Crippen molar-refractivity contribution in [1.29, 1.82) is 5.26 Å². The SMILES string of the molecule is N#Cc1ccc2c(c1)N(c1ccc(O)cc1)C1NC(=O)N(c3cccc(NC(=O)Oc4ccccc4)c3)C(=O)C1=C2. The number of nitrogens with one attached hydrogen (secondary N) is 2. The number of aromatic hydroxyl groups is 1. The highest BCUT2D eigenvalue weighted by Gasteiger charge is 2.43. The first-order valence-electron chi connectivity index (χ1n) is 12.5. The van der Waals surface area contributed by atoms with E-state index in [-0.39, 0.29) is 17.0 Å². The summed E-state index contributed by atoms with van der Waals surface area (Å²) in [5, 5.41) is 24.8. The van der Waals surface area contributed by atoms with Gasteiger partial charge in [0.1, 0.15) is 17.7 Å². The Bertz CT molecular complexity index is 1760. The molecule has 1 fully saturated rings. The minimum absolute atomic E-state index is 0.0589. The number of para-hydroxylation sites is 1. The lowest BCUT2D eigenvalue weighted by Gasteiger charge is -2.43. The van der Waals surface area contributed by atoms with Crippen molar-refractivity contribution < 1.29 is 24.2 Å². The van der Waals surface area contributed by atoms with Crippen LogP contribution >= 0.6 is 0 Å². The first kappa shape index (κ1) is 25.2. The lowest BCUT2D eigenvalue weighted by Crippen LogP contribution is -2.62. The Morgan fingerprint density at radius 1 is 0.927 bits per heavy atom. The van der Waals surface area contributed by atoms with Crippen LogP contribution in [0.25, 0.3) is 6.08 Å². The Kier molecular flexibility index (Phi) is 6.30. The normalized spacial score (nSPS) is 15.6. The largest absolute Gasteiger partial charge is 0.508 e. The van der Waals surface area contributed by atoms with Crippen molar-refractivity contribution in [3.63, 3.8) is 0 Å². The van der Waals surface area contributed by atoms with E-state index < -0.39 is 24.2 Å². The van der Waals surface area contributed by atoms with Crippen LogP contribution in [0.5, 0.6) is 11.5 Å². The third-order valence-electron chi connectivity index (χ3n) is 6.63. The van der Waals surface area contributed by atoms with E-state index in [4.69, 9.17) is 4.74 Å². The second kappa shape index (κ2) is 10.2. The van der Waals surface area contributed by atoms with Gasteiger partial charge in [-0.2, -0.15) is 5.26 Å². The molecule has 10 nitrogen and oxygen atoms in total. The van der Waals surface area contributed by atoms with E-state index in [1.165, 1.54) is 18.2 Å². The lowest BCUT2D eigenvalue weighted by molar-refractivity contribution is -0.115. The number of fused-ring (bicyclic) bond motifs is 2. The van der Waals surface area contributed by atoms with Gasteiger partial charge in [-0.05, 0) is 78.4 Å². The van der Waals surface area contributed by atoms with Gasteiger partial charge in [-0.15, -0.1) is 0 Å². The molecule has 1 unspecified atom stereocenters. The van der Waals surface area contributed by atoms with E-state index >= 15 is 0 Å². The second-order valence-electron chi connectivity index (χ2n) is 9.24. The second-order valence-corrected chi connectivity index (χ2v) is 9.24. The molecule has 2 aliphatic heterocycles. The molecule has 0 aliphatic carbocycles. The number of phenols is 1. The number of urea groups is 1. The molecule has 1 saturated heterocycles. The van der Waals surface area contributed by atoms with Crippen molar-refractivity contribution in [2.75, 3.05) is 15.1 Å². The Morgan fingerprint density at radius 2 is 1.71 bits per heavy atom. The summed E-state index contributed by atoms with van der Waals surface area (Å²) in [6.07, 6.45) is 0.0849. The standard InChI is InChI=1S/C31H21N5O5/c32-18-19-9-10-20-16-26-28(35(27(20)15-19)22-11-13-24(37)14-12-22)34-30(39)36(29(26)38)23-6-4-5-21(17-23)33-31(40)41-25-7-2-1-3-8-25/h1-17,28,37H,(H,33,40)(H,34,39). The van der Waals surface area contributed by atoms with Crippen LogP contribution in [-0.4, -0.2) is 29.3 Å². The third kappa shape index (κ3) is 4.79. The molecule has 41 heavy (non-hydrogen) atoms. The summed E-state index contributed by atoms with van der Waals surface area (Å²) in [4.78, 5) is 42.5. The maximum atomic E-state index is 13.9. The van der Waals surface area contributed by atoms with Crippen LogP contribution in [0.2, 0.25) is 0 Å². The van der Waals surface area contributed by atoms with Crippen LogP contribution in [0.4, 0.5) is 32.3 Å². The van der Waals surface area contributed by atoms with E-state index in [2.05, 4.69) is 16.7 Å². The Balaban J connectivity index is 1.33. The molecule has 1 atom stereocenters. The van der Waals surface area contributed by atoms with Crippen molar-refractivity contribution in [2.45, 2.75) is 6.17 Å². The monoisotopic (exact) mass is 543 g/mol. The highest BCUT2D eigenvalue weighted by Crippen LogP contribution is 2.41. The highest BCUT2D eigenvalue weighted by molar-refractivity contribution is 6.25. The Hall–Kier alpha value is -6.08. The number of anilines is 4. The molecule has 2 aliphatic rings. The van der Waals surface area contributed by atoms with Gasteiger partial charge in [0.25, 0.3) is 5.91 Å². The fourth-order valence-electron chi connectivity index (χ4n) is 4.79. The zero-order valence-electron chi connectivity index (χ0n) is 21.3. The van der Waals surface area contributed by atoms with Gasteiger partial charge in [-0.1, -0.05) is 30.3 Å². The average Bonchev–Trinajstić information content (AvgIpc) is 2.97. The van der Waals surface area contributed by atoms with E-state index in [0.717, 1.165) is 4.90 Å². The van der Waals surface area contributed by atoms with E-state index in [1.807, 2.05) is 0 Å². The molecule has 0 bridgehead atoms. The molecule has 4 amide bonds. The molecule has 0 aromatic heterocycles. The zero-order valence-corrected chi connectivity index (χ0v) is 21.3. The predicted molar refractivity (Wildman–Crippen MR) is 152 cm³/mol. The van der Waals surface area contributed by atoms with Crippen molar-refractivity contribution in [1.82, 2.24) is 5.32 Å². The van der Waals surface area contributed by atoms with Crippen molar-refractivity contribution in [3.05, 3.63) is 114 Å². The molecule has 4 aromatic rings. The summed E-state index contributed by atoms with van der Waals surface area (Å²) in [5.74, 6) is -0.132. The number of ether oxygens (including phenoxy) is 1. The number of hydrogen-bond donors (Lipinski definition) is 3. The first-order chi connectivity index (χ1) is 19.9. The number of amides is 4. The first-order valence-corrected chi connectivity index (χ1v) is 12.5. The Labute approximate surface area is 234 Å². The minimum atomic E-state index is -0.876. The van der Waals surface area contributed by atoms with Gasteiger partial charge in [0.15, 0.2) is 0 Å². The number of benzene rings is 4. The van der Waals surface area contributed by atoms with Gasteiger partial charge in [0, 0.05) is 11.4 Å². The summed E-state index contributed by atoms with van der Waals surface area (Å²) >= 11 is 0. The van der Waals surface area contributed by atoms with Gasteiger partial charge >= 0.3 is 12.1 Å². The highest BCUT2D eigenvalue weighted by atomic mass is 16.6. The maximum absolute atomic E-state index is 13.9. The molecule has 3 N–H and O–H groups in total. The molecular weight excluding hydrogens is 522 g/mol. The van der Waals surface area contributed by atoms with Crippen LogP contribution in [0.15, 0.2) is 103 Å². The molecule has 10 heteroatoms. The van der Waals surface area contributed by atoms with E-state index in [0.29, 0.717) is 33.9 Å². The number of phenolic OH excluding ortho intramolecular Hbond substituents is 1. The van der Waals surface area contributed by atoms with Crippen molar-refractivity contribution in [2.24, 2.45) is 0 Å². The zero-order chi connectivity index (χ0) is 28.5. The molecule has 4 aromatic carbocycles. The number of nitriles is 1. The summed E-state index contributed by atoms with van der Waals surface area (Å²) in [6, 6.07) is 27.7. The molecule has 6 rings (SSSR count). The molecule has 0 saturated carbocycles. The molecule has 0 radical (unpaired) electrons. The topological polar surface area (TPSA) is 135 Å². The summed E-state index contributed by atoms with van der Waals surface area (Å²) in [7, 11) is 0. The molecule has 200 valence electrons. The number of rotatable bonds is 4.